The number of rotatable bonds is 8. The monoisotopic (exact) mass is 173 g/mol. The fourth-order valence-electron chi connectivity index (χ4n) is 1.55. The highest BCUT2D eigenvalue weighted by molar-refractivity contribution is 4.61. The van der Waals surface area contributed by atoms with Crippen LogP contribution < -0.4 is 5.32 Å². The van der Waals surface area contributed by atoms with E-state index in [2.05, 4.69) is 19.2 Å². The van der Waals surface area contributed by atoms with E-state index in [0.29, 0.717) is 0 Å². The van der Waals surface area contributed by atoms with Gasteiger partial charge in [0.2, 0.25) is 0 Å². The van der Waals surface area contributed by atoms with Crippen molar-refractivity contribution in [2.75, 3.05) is 19.7 Å². The molecule has 0 aliphatic carbocycles. The zero-order valence-corrected chi connectivity index (χ0v) is 8.47. The average molecular weight is 173 g/mol. The number of nitrogens with one attached hydrogen (secondary N) is 1. The molecule has 0 fully saturated rings. The predicted molar refractivity (Wildman–Crippen MR) is 53.3 cm³/mol. The predicted octanol–water partition coefficient (Wildman–Crippen LogP) is 1.78. The van der Waals surface area contributed by atoms with Crippen LogP contribution >= 0.6 is 0 Å². The normalized spacial score (nSPS) is 11.0. The third-order valence-electron chi connectivity index (χ3n) is 2.12. The first-order chi connectivity index (χ1) is 5.85. The Hall–Kier alpha value is -0.0800. The van der Waals surface area contributed by atoms with E-state index in [9.17, 15) is 0 Å². The lowest BCUT2D eigenvalue weighted by Gasteiger charge is -2.15. The second-order valence-electron chi connectivity index (χ2n) is 3.37. The van der Waals surface area contributed by atoms with Crippen LogP contribution in [-0.2, 0) is 0 Å². The first-order valence-corrected chi connectivity index (χ1v) is 5.16. The van der Waals surface area contributed by atoms with Gasteiger partial charge in [-0.25, -0.2) is 0 Å². The highest BCUT2D eigenvalue weighted by atomic mass is 16.3. The van der Waals surface area contributed by atoms with Crippen molar-refractivity contribution in [1.29, 1.82) is 0 Å². The number of aliphatic hydroxyl groups is 1. The first-order valence-electron chi connectivity index (χ1n) is 5.16. The molecule has 74 valence electrons. The minimum absolute atomic E-state index is 0.255. The van der Waals surface area contributed by atoms with Crippen molar-refractivity contribution in [3.05, 3.63) is 0 Å². The molecule has 2 heteroatoms. The van der Waals surface area contributed by atoms with Crippen molar-refractivity contribution in [2.45, 2.75) is 39.5 Å². The van der Waals surface area contributed by atoms with Gasteiger partial charge in [-0.3, -0.25) is 0 Å². The Morgan fingerprint density at radius 3 is 2.17 bits per heavy atom. The Labute approximate surface area is 76.4 Å². The summed E-state index contributed by atoms with van der Waals surface area (Å²) in [4.78, 5) is 0. The summed E-state index contributed by atoms with van der Waals surface area (Å²) in [5.74, 6) is 0.812. The van der Waals surface area contributed by atoms with Gasteiger partial charge in [0, 0.05) is 6.54 Å². The lowest BCUT2D eigenvalue weighted by molar-refractivity contribution is 0.284. The van der Waals surface area contributed by atoms with Gasteiger partial charge >= 0.3 is 0 Å². The van der Waals surface area contributed by atoms with E-state index in [1.54, 1.807) is 0 Å². The molecule has 0 bridgehead atoms. The van der Waals surface area contributed by atoms with Crippen molar-refractivity contribution < 1.29 is 5.11 Å². The Bertz CT molecular complexity index is 79.9. The van der Waals surface area contributed by atoms with Crippen LogP contribution in [0, 0.1) is 5.92 Å². The van der Waals surface area contributed by atoms with E-state index < -0.39 is 0 Å². The minimum Gasteiger partial charge on any atom is -0.395 e. The SMILES string of the molecule is CCCC(CCC)CNCCO. The van der Waals surface area contributed by atoms with Crippen molar-refractivity contribution in [3.63, 3.8) is 0 Å². The Kier molecular flexibility index (Phi) is 8.95. The minimum atomic E-state index is 0.255. The Balaban J connectivity index is 3.34. The summed E-state index contributed by atoms with van der Waals surface area (Å²) in [5.41, 5.74) is 0. The van der Waals surface area contributed by atoms with Crippen LogP contribution in [-0.4, -0.2) is 24.8 Å². The van der Waals surface area contributed by atoms with Crippen LogP contribution in [0.5, 0.6) is 0 Å². The van der Waals surface area contributed by atoms with E-state index in [-0.39, 0.29) is 6.61 Å². The molecule has 0 aromatic heterocycles. The van der Waals surface area contributed by atoms with Gasteiger partial charge in [0.05, 0.1) is 6.61 Å². The molecule has 0 saturated heterocycles. The zero-order chi connectivity index (χ0) is 9.23. The van der Waals surface area contributed by atoms with E-state index in [1.807, 2.05) is 0 Å². The van der Waals surface area contributed by atoms with Crippen molar-refractivity contribution in [3.8, 4) is 0 Å². The van der Waals surface area contributed by atoms with Crippen LogP contribution in [0.25, 0.3) is 0 Å². The van der Waals surface area contributed by atoms with Crippen molar-refractivity contribution in [1.82, 2.24) is 5.32 Å². The maximum absolute atomic E-state index is 8.58. The van der Waals surface area contributed by atoms with Crippen LogP contribution in [0.4, 0.5) is 0 Å². The van der Waals surface area contributed by atoms with Crippen molar-refractivity contribution in [2.24, 2.45) is 5.92 Å². The summed E-state index contributed by atoms with van der Waals surface area (Å²) in [5, 5.41) is 11.8. The molecule has 0 saturated carbocycles. The third-order valence-corrected chi connectivity index (χ3v) is 2.12. The van der Waals surface area contributed by atoms with Crippen LogP contribution in [0.3, 0.4) is 0 Å². The first kappa shape index (κ1) is 11.9. The summed E-state index contributed by atoms with van der Waals surface area (Å²) in [7, 11) is 0. The van der Waals surface area contributed by atoms with Crippen LogP contribution in [0.1, 0.15) is 39.5 Å². The summed E-state index contributed by atoms with van der Waals surface area (Å²) >= 11 is 0. The molecular formula is C10H23NO. The lowest BCUT2D eigenvalue weighted by atomic mass is 9.98. The van der Waals surface area contributed by atoms with Crippen LogP contribution in [0.15, 0.2) is 0 Å². The summed E-state index contributed by atoms with van der Waals surface area (Å²) in [6.07, 6.45) is 5.16. The molecule has 0 heterocycles. The van der Waals surface area contributed by atoms with E-state index in [1.165, 1.54) is 25.7 Å². The Morgan fingerprint density at radius 2 is 1.75 bits per heavy atom. The molecule has 0 unspecified atom stereocenters. The largest absolute Gasteiger partial charge is 0.395 e. The van der Waals surface area contributed by atoms with Gasteiger partial charge < -0.3 is 10.4 Å². The second kappa shape index (κ2) is 9.01. The van der Waals surface area contributed by atoms with Gasteiger partial charge in [-0.15, -0.1) is 0 Å². The fraction of sp³-hybridized carbons (Fsp3) is 1.00. The molecular weight excluding hydrogens is 150 g/mol. The molecule has 12 heavy (non-hydrogen) atoms. The quantitative estimate of drug-likeness (QED) is 0.548. The molecule has 0 atom stereocenters. The highest BCUT2D eigenvalue weighted by Crippen LogP contribution is 2.11. The summed E-state index contributed by atoms with van der Waals surface area (Å²) in [6, 6.07) is 0. The number of hydrogen-bond donors (Lipinski definition) is 2. The molecule has 0 spiro atoms. The maximum Gasteiger partial charge on any atom is 0.0555 e. The molecule has 0 aliphatic rings. The van der Waals surface area contributed by atoms with E-state index in [0.717, 1.165) is 19.0 Å². The molecule has 0 rings (SSSR count). The topological polar surface area (TPSA) is 32.3 Å². The van der Waals surface area contributed by atoms with Gasteiger partial charge in [0.25, 0.3) is 0 Å². The second-order valence-corrected chi connectivity index (χ2v) is 3.37. The molecule has 0 aromatic rings. The highest BCUT2D eigenvalue weighted by Gasteiger charge is 2.04. The van der Waals surface area contributed by atoms with Crippen LogP contribution in [0.2, 0.25) is 0 Å². The zero-order valence-electron chi connectivity index (χ0n) is 8.47. The van der Waals surface area contributed by atoms with Gasteiger partial charge in [-0.05, 0) is 25.3 Å². The smallest absolute Gasteiger partial charge is 0.0555 e. The molecule has 0 aliphatic heterocycles. The maximum atomic E-state index is 8.58. The summed E-state index contributed by atoms with van der Waals surface area (Å²) < 4.78 is 0. The molecule has 0 aromatic carbocycles. The molecule has 0 amide bonds. The standard InChI is InChI=1S/C10H23NO/c1-3-5-10(6-4-2)9-11-7-8-12/h10-12H,3-9H2,1-2H3. The van der Waals surface area contributed by atoms with Gasteiger partial charge in [-0.2, -0.15) is 0 Å². The van der Waals surface area contributed by atoms with Gasteiger partial charge in [0.1, 0.15) is 0 Å². The summed E-state index contributed by atoms with van der Waals surface area (Å²) in [6.45, 7) is 6.53. The van der Waals surface area contributed by atoms with Gasteiger partial charge in [-0.1, -0.05) is 26.7 Å². The molecule has 2 nitrogen and oxygen atoms in total. The van der Waals surface area contributed by atoms with E-state index >= 15 is 0 Å². The fourth-order valence-corrected chi connectivity index (χ4v) is 1.55. The van der Waals surface area contributed by atoms with Gasteiger partial charge in [0.15, 0.2) is 0 Å². The lowest BCUT2D eigenvalue weighted by Crippen LogP contribution is -2.25. The van der Waals surface area contributed by atoms with Crippen molar-refractivity contribution >= 4 is 0 Å². The average Bonchev–Trinajstić information content (AvgIpc) is 2.06. The Morgan fingerprint density at radius 1 is 1.17 bits per heavy atom. The number of hydrogen-bond acceptors (Lipinski definition) is 2. The number of aliphatic hydroxyl groups excluding tert-OH is 1. The molecule has 2 N–H and O–H groups in total. The third kappa shape index (κ3) is 6.62. The van der Waals surface area contributed by atoms with E-state index in [4.69, 9.17) is 5.11 Å². The molecule has 0 radical (unpaired) electrons.